The van der Waals surface area contributed by atoms with Crippen LogP contribution in [0.15, 0.2) is 52.3 Å². The van der Waals surface area contributed by atoms with E-state index < -0.39 is 0 Å². The normalized spacial score (nSPS) is 10.1. The van der Waals surface area contributed by atoms with Crippen LogP contribution in [0.25, 0.3) is 0 Å². The molecule has 0 N–H and O–H groups in total. The van der Waals surface area contributed by atoms with Gasteiger partial charge in [0.15, 0.2) is 11.5 Å². The predicted molar refractivity (Wildman–Crippen MR) is 76.7 cm³/mol. The van der Waals surface area contributed by atoms with Gasteiger partial charge in [0.1, 0.15) is 5.75 Å². The standard InChI is InChI=1S/C15H16O3S/c1-16-12-9-14(18-3)15(10-13(12)17-2)19-11-7-5-4-6-8-11/h4-10H,1-3H3. The molecule has 100 valence electrons. The second-order valence-electron chi connectivity index (χ2n) is 3.77. The topological polar surface area (TPSA) is 27.7 Å². The molecule has 0 heterocycles. The van der Waals surface area contributed by atoms with Gasteiger partial charge in [-0.15, -0.1) is 0 Å². The minimum Gasteiger partial charge on any atom is -0.495 e. The molecule has 0 aliphatic heterocycles. The third kappa shape index (κ3) is 3.15. The van der Waals surface area contributed by atoms with Crippen molar-refractivity contribution in [3.8, 4) is 17.2 Å². The Kier molecular flexibility index (Phi) is 4.58. The summed E-state index contributed by atoms with van der Waals surface area (Å²) in [6.45, 7) is 0. The lowest BCUT2D eigenvalue weighted by molar-refractivity contribution is 0.345. The zero-order chi connectivity index (χ0) is 13.7. The highest BCUT2D eigenvalue weighted by atomic mass is 32.2. The van der Waals surface area contributed by atoms with Crippen LogP contribution in [0.4, 0.5) is 0 Å². The van der Waals surface area contributed by atoms with E-state index >= 15 is 0 Å². The summed E-state index contributed by atoms with van der Waals surface area (Å²) in [7, 11) is 4.89. The van der Waals surface area contributed by atoms with E-state index in [9.17, 15) is 0 Å². The summed E-state index contributed by atoms with van der Waals surface area (Å²) in [5.41, 5.74) is 0. The highest BCUT2D eigenvalue weighted by molar-refractivity contribution is 7.99. The molecular formula is C15H16O3S. The molecule has 2 aromatic rings. The van der Waals surface area contributed by atoms with E-state index in [4.69, 9.17) is 14.2 Å². The van der Waals surface area contributed by atoms with Crippen molar-refractivity contribution >= 4 is 11.8 Å². The summed E-state index contributed by atoms with van der Waals surface area (Å²) >= 11 is 1.63. The molecule has 0 spiro atoms. The zero-order valence-corrected chi connectivity index (χ0v) is 12.0. The minimum absolute atomic E-state index is 0.664. The Morgan fingerprint density at radius 1 is 0.737 bits per heavy atom. The molecule has 0 unspecified atom stereocenters. The monoisotopic (exact) mass is 276 g/mol. The molecule has 19 heavy (non-hydrogen) atoms. The average molecular weight is 276 g/mol. The minimum atomic E-state index is 0.664. The number of rotatable bonds is 5. The van der Waals surface area contributed by atoms with E-state index in [0.717, 1.165) is 15.5 Å². The summed E-state index contributed by atoms with van der Waals surface area (Å²) in [6.07, 6.45) is 0. The molecule has 0 aliphatic rings. The first kappa shape index (κ1) is 13.6. The van der Waals surface area contributed by atoms with Crippen molar-refractivity contribution in [2.75, 3.05) is 21.3 Å². The van der Waals surface area contributed by atoms with E-state index in [0.29, 0.717) is 11.5 Å². The molecular weight excluding hydrogens is 260 g/mol. The summed E-state index contributed by atoms with van der Waals surface area (Å²) in [5.74, 6) is 2.13. The van der Waals surface area contributed by atoms with Crippen molar-refractivity contribution < 1.29 is 14.2 Å². The Balaban J connectivity index is 2.38. The number of methoxy groups -OCH3 is 3. The molecule has 0 fully saturated rings. The van der Waals surface area contributed by atoms with Crippen LogP contribution in [0.3, 0.4) is 0 Å². The third-order valence-corrected chi connectivity index (χ3v) is 3.69. The van der Waals surface area contributed by atoms with Crippen LogP contribution in [0.2, 0.25) is 0 Å². The van der Waals surface area contributed by atoms with Crippen LogP contribution in [0.5, 0.6) is 17.2 Å². The van der Waals surface area contributed by atoms with Crippen LogP contribution in [-0.4, -0.2) is 21.3 Å². The van der Waals surface area contributed by atoms with Crippen molar-refractivity contribution in [3.63, 3.8) is 0 Å². The van der Waals surface area contributed by atoms with Crippen molar-refractivity contribution in [2.24, 2.45) is 0 Å². The van der Waals surface area contributed by atoms with Crippen molar-refractivity contribution in [3.05, 3.63) is 42.5 Å². The van der Waals surface area contributed by atoms with E-state index in [1.54, 1.807) is 33.1 Å². The lowest BCUT2D eigenvalue weighted by Crippen LogP contribution is -1.94. The van der Waals surface area contributed by atoms with Crippen LogP contribution >= 0.6 is 11.8 Å². The van der Waals surface area contributed by atoms with Gasteiger partial charge in [0, 0.05) is 17.0 Å². The van der Waals surface area contributed by atoms with Gasteiger partial charge >= 0.3 is 0 Å². The first-order valence-electron chi connectivity index (χ1n) is 5.81. The van der Waals surface area contributed by atoms with E-state index in [1.807, 2.05) is 30.3 Å². The fraction of sp³-hybridized carbons (Fsp3) is 0.200. The molecule has 0 aliphatic carbocycles. The molecule has 0 atom stereocenters. The lowest BCUT2D eigenvalue weighted by Gasteiger charge is -2.13. The summed E-state index contributed by atoms with van der Waals surface area (Å²) < 4.78 is 16.0. The molecule has 2 rings (SSSR count). The Bertz CT molecular complexity index is 541. The largest absolute Gasteiger partial charge is 0.495 e. The van der Waals surface area contributed by atoms with Gasteiger partial charge in [-0.05, 0) is 12.1 Å². The van der Waals surface area contributed by atoms with E-state index in [1.165, 1.54) is 0 Å². The van der Waals surface area contributed by atoms with Gasteiger partial charge in [-0.1, -0.05) is 30.0 Å². The molecule has 0 bridgehead atoms. The van der Waals surface area contributed by atoms with Gasteiger partial charge in [0.25, 0.3) is 0 Å². The van der Waals surface area contributed by atoms with Crippen molar-refractivity contribution in [1.29, 1.82) is 0 Å². The second-order valence-corrected chi connectivity index (χ2v) is 4.89. The fourth-order valence-corrected chi connectivity index (χ4v) is 2.65. The molecule has 0 saturated heterocycles. The summed E-state index contributed by atoms with van der Waals surface area (Å²) in [4.78, 5) is 2.14. The van der Waals surface area contributed by atoms with Gasteiger partial charge in [0.2, 0.25) is 0 Å². The van der Waals surface area contributed by atoms with Gasteiger partial charge < -0.3 is 14.2 Å². The highest BCUT2D eigenvalue weighted by Gasteiger charge is 2.12. The lowest BCUT2D eigenvalue weighted by atomic mass is 10.3. The fourth-order valence-electron chi connectivity index (χ4n) is 1.70. The van der Waals surface area contributed by atoms with E-state index in [-0.39, 0.29) is 0 Å². The average Bonchev–Trinajstić information content (AvgIpc) is 2.47. The van der Waals surface area contributed by atoms with Crippen LogP contribution in [0.1, 0.15) is 0 Å². The van der Waals surface area contributed by atoms with Gasteiger partial charge in [-0.25, -0.2) is 0 Å². The first-order valence-corrected chi connectivity index (χ1v) is 6.63. The van der Waals surface area contributed by atoms with Crippen molar-refractivity contribution in [1.82, 2.24) is 0 Å². The number of benzene rings is 2. The van der Waals surface area contributed by atoms with Crippen LogP contribution in [0, 0.1) is 0 Å². The smallest absolute Gasteiger partial charge is 0.164 e. The number of hydrogen-bond donors (Lipinski definition) is 0. The molecule has 0 amide bonds. The first-order chi connectivity index (χ1) is 9.28. The second kappa shape index (κ2) is 6.38. The zero-order valence-electron chi connectivity index (χ0n) is 11.2. The van der Waals surface area contributed by atoms with Crippen LogP contribution in [-0.2, 0) is 0 Å². The maximum absolute atomic E-state index is 5.40. The Morgan fingerprint density at radius 2 is 1.32 bits per heavy atom. The number of ether oxygens (including phenoxy) is 3. The van der Waals surface area contributed by atoms with Crippen molar-refractivity contribution in [2.45, 2.75) is 9.79 Å². The summed E-state index contributed by atoms with van der Waals surface area (Å²) in [6, 6.07) is 13.9. The van der Waals surface area contributed by atoms with Gasteiger partial charge in [0.05, 0.1) is 26.2 Å². The maximum Gasteiger partial charge on any atom is 0.164 e. The van der Waals surface area contributed by atoms with E-state index in [2.05, 4.69) is 12.1 Å². The molecule has 0 aromatic heterocycles. The highest BCUT2D eigenvalue weighted by Crippen LogP contribution is 2.42. The summed E-state index contributed by atoms with van der Waals surface area (Å²) in [5, 5.41) is 0. The van der Waals surface area contributed by atoms with Gasteiger partial charge in [-0.2, -0.15) is 0 Å². The van der Waals surface area contributed by atoms with Gasteiger partial charge in [-0.3, -0.25) is 0 Å². The Labute approximate surface area is 117 Å². The third-order valence-electron chi connectivity index (χ3n) is 2.64. The quantitative estimate of drug-likeness (QED) is 0.828. The molecule has 4 heteroatoms. The maximum atomic E-state index is 5.40. The molecule has 0 radical (unpaired) electrons. The predicted octanol–water partition coefficient (Wildman–Crippen LogP) is 3.86. The number of hydrogen-bond acceptors (Lipinski definition) is 4. The SMILES string of the molecule is COc1cc(OC)c(Sc2ccccc2)cc1OC. The molecule has 2 aromatic carbocycles. The Morgan fingerprint density at radius 3 is 1.89 bits per heavy atom. The molecule has 0 saturated carbocycles. The Hall–Kier alpha value is -1.81. The molecule has 3 nitrogen and oxygen atoms in total. The van der Waals surface area contributed by atoms with Crippen LogP contribution < -0.4 is 14.2 Å².